The third-order valence-corrected chi connectivity index (χ3v) is 5.39. The fourth-order valence-electron chi connectivity index (χ4n) is 2.92. The van der Waals surface area contributed by atoms with Gasteiger partial charge in [-0.05, 0) is 54.1 Å². The lowest BCUT2D eigenvalue weighted by atomic mass is 10.1. The summed E-state index contributed by atoms with van der Waals surface area (Å²) in [4.78, 5) is 16.9. The lowest BCUT2D eigenvalue weighted by Gasteiger charge is -2.09. The molecule has 6 heteroatoms. The first-order valence-electron chi connectivity index (χ1n) is 9.06. The van der Waals surface area contributed by atoms with Crippen molar-refractivity contribution in [3.63, 3.8) is 0 Å². The van der Waals surface area contributed by atoms with Crippen LogP contribution in [0.25, 0.3) is 6.08 Å². The molecule has 0 radical (unpaired) electrons. The molecule has 2 aromatic carbocycles. The molecule has 1 aliphatic rings. The molecular formula is C23H19NO4S. The van der Waals surface area contributed by atoms with Crippen molar-refractivity contribution in [1.29, 1.82) is 0 Å². The van der Waals surface area contributed by atoms with Crippen LogP contribution in [0.5, 0.6) is 17.2 Å². The Hall–Kier alpha value is -3.25. The molecule has 0 saturated heterocycles. The second kappa shape index (κ2) is 8.84. The molecule has 1 aliphatic heterocycles. The summed E-state index contributed by atoms with van der Waals surface area (Å²) in [5.41, 5.74) is 2.53. The van der Waals surface area contributed by atoms with Crippen molar-refractivity contribution in [1.82, 2.24) is 4.98 Å². The number of ether oxygens (including phenoxy) is 3. The number of pyridine rings is 1. The SMILES string of the molecule is COc1ccc(/C=C/C(=O)c2ccc3c(c2)OCO3)cc1CSc1ccccn1. The van der Waals surface area contributed by atoms with Crippen molar-refractivity contribution >= 4 is 23.6 Å². The maximum absolute atomic E-state index is 12.5. The second-order valence-electron chi connectivity index (χ2n) is 6.29. The van der Waals surface area contributed by atoms with Gasteiger partial charge in [0.2, 0.25) is 6.79 Å². The summed E-state index contributed by atoms with van der Waals surface area (Å²) < 4.78 is 16.1. The number of thioether (sulfide) groups is 1. The van der Waals surface area contributed by atoms with Crippen molar-refractivity contribution in [2.45, 2.75) is 10.8 Å². The number of allylic oxidation sites excluding steroid dienone is 1. The van der Waals surface area contributed by atoms with Crippen LogP contribution < -0.4 is 14.2 Å². The number of fused-ring (bicyclic) bond motifs is 1. The highest BCUT2D eigenvalue weighted by Crippen LogP contribution is 2.33. The number of aromatic nitrogens is 1. The summed E-state index contributed by atoms with van der Waals surface area (Å²) in [6.45, 7) is 0.188. The van der Waals surface area contributed by atoms with Gasteiger partial charge in [-0.2, -0.15) is 0 Å². The van der Waals surface area contributed by atoms with Crippen LogP contribution in [0, 0.1) is 0 Å². The Morgan fingerprint density at radius 1 is 1.14 bits per heavy atom. The Morgan fingerprint density at radius 2 is 2.03 bits per heavy atom. The van der Waals surface area contributed by atoms with Crippen LogP contribution in [0.2, 0.25) is 0 Å². The average molecular weight is 405 g/mol. The lowest BCUT2D eigenvalue weighted by Crippen LogP contribution is -1.95. The highest BCUT2D eigenvalue weighted by molar-refractivity contribution is 7.98. The summed E-state index contributed by atoms with van der Waals surface area (Å²) in [5, 5.41) is 0.952. The zero-order chi connectivity index (χ0) is 20.1. The van der Waals surface area contributed by atoms with Crippen LogP contribution in [0.1, 0.15) is 21.5 Å². The van der Waals surface area contributed by atoms with Gasteiger partial charge in [-0.3, -0.25) is 4.79 Å². The molecule has 2 heterocycles. The molecule has 0 spiro atoms. The normalized spacial score (nSPS) is 12.3. The standard InChI is InChI=1S/C23H19NO4S/c1-26-20-9-6-16(12-18(20)14-29-23-4-2-3-11-24-23)5-8-19(25)17-7-10-21-22(13-17)28-15-27-21/h2-13H,14-15H2,1H3/b8-5+. The molecule has 29 heavy (non-hydrogen) atoms. The third-order valence-electron chi connectivity index (χ3n) is 4.40. The van der Waals surface area contributed by atoms with Crippen LogP contribution >= 0.6 is 11.8 Å². The molecule has 0 atom stereocenters. The topological polar surface area (TPSA) is 57.7 Å². The number of rotatable bonds is 7. The fraction of sp³-hybridized carbons (Fsp3) is 0.130. The van der Waals surface area contributed by atoms with E-state index in [0.717, 1.165) is 27.7 Å². The largest absolute Gasteiger partial charge is 0.496 e. The van der Waals surface area contributed by atoms with E-state index in [4.69, 9.17) is 14.2 Å². The minimum atomic E-state index is -0.0940. The minimum Gasteiger partial charge on any atom is -0.496 e. The lowest BCUT2D eigenvalue weighted by molar-refractivity contribution is 0.104. The predicted octanol–water partition coefficient (Wildman–Crippen LogP) is 5.01. The number of nitrogens with zero attached hydrogens (tertiary/aromatic N) is 1. The predicted molar refractivity (Wildman–Crippen MR) is 113 cm³/mol. The van der Waals surface area contributed by atoms with E-state index >= 15 is 0 Å². The Kier molecular flexibility index (Phi) is 5.81. The second-order valence-corrected chi connectivity index (χ2v) is 7.29. The summed E-state index contributed by atoms with van der Waals surface area (Å²) in [7, 11) is 1.66. The molecule has 0 fully saturated rings. The van der Waals surface area contributed by atoms with Crippen LogP contribution in [-0.4, -0.2) is 24.7 Å². The van der Waals surface area contributed by atoms with Gasteiger partial charge in [0, 0.05) is 23.1 Å². The van der Waals surface area contributed by atoms with E-state index in [-0.39, 0.29) is 12.6 Å². The highest BCUT2D eigenvalue weighted by atomic mass is 32.2. The molecule has 0 amide bonds. The molecule has 1 aromatic heterocycles. The van der Waals surface area contributed by atoms with Gasteiger partial charge in [-0.1, -0.05) is 18.2 Å². The van der Waals surface area contributed by atoms with Crippen molar-refractivity contribution in [2.24, 2.45) is 0 Å². The average Bonchev–Trinajstić information content (AvgIpc) is 3.24. The molecule has 5 nitrogen and oxygen atoms in total. The van der Waals surface area contributed by atoms with Crippen LogP contribution in [0.3, 0.4) is 0 Å². The Balaban J connectivity index is 1.48. The molecule has 0 saturated carbocycles. The first kappa shape index (κ1) is 19.1. The first-order valence-corrected chi connectivity index (χ1v) is 10.0. The third kappa shape index (κ3) is 4.60. The summed E-state index contributed by atoms with van der Waals surface area (Å²) in [5.74, 6) is 2.70. The van der Waals surface area contributed by atoms with Crippen molar-refractivity contribution < 1.29 is 19.0 Å². The summed E-state index contributed by atoms with van der Waals surface area (Å²) in [6.07, 6.45) is 5.15. The molecule has 3 aromatic rings. The van der Waals surface area contributed by atoms with Gasteiger partial charge < -0.3 is 14.2 Å². The molecule has 146 valence electrons. The van der Waals surface area contributed by atoms with Gasteiger partial charge in [0.15, 0.2) is 17.3 Å². The van der Waals surface area contributed by atoms with Crippen molar-refractivity contribution in [2.75, 3.05) is 13.9 Å². The maximum Gasteiger partial charge on any atom is 0.231 e. The van der Waals surface area contributed by atoms with Gasteiger partial charge in [0.25, 0.3) is 0 Å². The Labute approximate surface area is 173 Å². The van der Waals surface area contributed by atoms with Gasteiger partial charge in [0.05, 0.1) is 12.1 Å². The highest BCUT2D eigenvalue weighted by Gasteiger charge is 2.15. The van der Waals surface area contributed by atoms with Crippen LogP contribution in [-0.2, 0) is 5.75 Å². The molecule has 0 bridgehead atoms. The Morgan fingerprint density at radius 3 is 2.86 bits per heavy atom. The summed E-state index contributed by atoms with van der Waals surface area (Å²) in [6, 6.07) is 16.9. The van der Waals surface area contributed by atoms with Crippen molar-refractivity contribution in [3.05, 3.63) is 83.6 Å². The monoisotopic (exact) mass is 405 g/mol. The van der Waals surface area contributed by atoms with E-state index in [1.807, 2.05) is 36.4 Å². The van der Waals surface area contributed by atoms with Crippen LogP contribution in [0.15, 0.2) is 71.9 Å². The van der Waals surface area contributed by atoms with E-state index in [9.17, 15) is 4.79 Å². The van der Waals surface area contributed by atoms with Gasteiger partial charge >= 0.3 is 0 Å². The number of ketones is 1. The molecule has 0 N–H and O–H groups in total. The van der Waals surface area contributed by atoms with Gasteiger partial charge in [-0.15, -0.1) is 11.8 Å². The number of methoxy groups -OCH3 is 1. The molecule has 4 rings (SSSR count). The number of benzene rings is 2. The molecular weight excluding hydrogens is 386 g/mol. The zero-order valence-electron chi connectivity index (χ0n) is 15.8. The smallest absolute Gasteiger partial charge is 0.231 e. The minimum absolute atomic E-state index is 0.0940. The maximum atomic E-state index is 12.5. The van der Waals surface area contributed by atoms with E-state index < -0.39 is 0 Å². The zero-order valence-corrected chi connectivity index (χ0v) is 16.6. The number of carbonyl (C=O) groups is 1. The van der Waals surface area contributed by atoms with E-state index in [1.165, 1.54) is 0 Å². The van der Waals surface area contributed by atoms with E-state index in [0.29, 0.717) is 17.1 Å². The molecule has 0 aliphatic carbocycles. The number of hydrogen-bond acceptors (Lipinski definition) is 6. The van der Waals surface area contributed by atoms with Crippen LogP contribution in [0.4, 0.5) is 0 Å². The fourth-order valence-corrected chi connectivity index (χ4v) is 3.76. The number of carbonyl (C=O) groups excluding carboxylic acids is 1. The quantitative estimate of drug-likeness (QED) is 0.313. The van der Waals surface area contributed by atoms with E-state index in [2.05, 4.69) is 4.98 Å². The molecule has 0 unspecified atom stereocenters. The Bertz CT molecular complexity index is 1050. The number of hydrogen-bond donors (Lipinski definition) is 0. The van der Waals surface area contributed by atoms with Gasteiger partial charge in [-0.25, -0.2) is 4.98 Å². The van der Waals surface area contributed by atoms with E-state index in [1.54, 1.807) is 55.4 Å². The summed E-state index contributed by atoms with van der Waals surface area (Å²) >= 11 is 1.64. The van der Waals surface area contributed by atoms with Gasteiger partial charge in [0.1, 0.15) is 5.75 Å². The van der Waals surface area contributed by atoms with Crippen molar-refractivity contribution in [3.8, 4) is 17.2 Å². The first-order chi connectivity index (χ1) is 14.2.